The van der Waals surface area contributed by atoms with Gasteiger partial charge in [-0.15, -0.1) is 0 Å². The van der Waals surface area contributed by atoms with Crippen LogP contribution in [-0.2, 0) is 0 Å². The van der Waals surface area contributed by atoms with Gasteiger partial charge in [0.1, 0.15) is 16.9 Å². The molecule has 4 aromatic rings. The van der Waals surface area contributed by atoms with Gasteiger partial charge in [0, 0.05) is 16.1 Å². The summed E-state index contributed by atoms with van der Waals surface area (Å²) in [6.07, 6.45) is 0. The van der Waals surface area contributed by atoms with Gasteiger partial charge >= 0.3 is 0 Å². The Morgan fingerprint density at radius 1 is 1.03 bits per heavy atom. The average Bonchev–Trinajstić information content (AvgIpc) is 2.76. The van der Waals surface area contributed by atoms with Crippen LogP contribution in [0.15, 0.2) is 82.2 Å². The molecule has 150 valence electrons. The molecule has 0 unspecified atom stereocenters. The minimum Gasteiger partial charge on any atom is -0.497 e. The third-order valence-corrected chi connectivity index (χ3v) is 5.04. The molecular formula is C24H19ClN2O3. The molecule has 0 fully saturated rings. The minimum atomic E-state index is -0.327. The molecule has 3 aromatic carbocycles. The molecule has 0 aliphatic rings. The number of methoxy groups -OCH3 is 1. The Morgan fingerprint density at radius 2 is 1.80 bits per heavy atom. The summed E-state index contributed by atoms with van der Waals surface area (Å²) in [6, 6.07) is 21.8. The Kier molecular flexibility index (Phi) is 5.55. The number of ether oxygens (including phenoxy) is 1. The fraction of sp³-hybridized carbons (Fsp3) is 0.0833. The summed E-state index contributed by atoms with van der Waals surface area (Å²) in [7, 11) is 1.59. The number of anilines is 1. The van der Waals surface area contributed by atoms with Gasteiger partial charge in [-0.25, -0.2) is 4.99 Å². The largest absolute Gasteiger partial charge is 0.497 e. The van der Waals surface area contributed by atoms with Crippen LogP contribution in [0.4, 0.5) is 11.4 Å². The zero-order chi connectivity index (χ0) is 21.1. The number of halogens is 1. The van der Waals surface area contributed by atoms with E-state index in [4.69, 9.17) is 20.8 Å². The first-order valence-electron chi connectivity index (χ1n) is 9.33. The summed E-state index contributed by atoms with van der Waals surface area (Å²) in [6.45, 7) is 1.92. The third kappa shape index (κ3) is 4.21. The monoisotopic (exact) mass is 418 g/mol. The van der Waals surface area contributed by atoms with Gasteiger partial charge in [-0.3, -0.25) is 4.79 Å². The number of benzene rings is 3. The van der Waals surface area contributed by atoms with E-state index in [9.17, 15) is 4.79 Å². The van der Waals surface area contributed by atoms with Crippen LogP contribution in [0.1, 0.15) is 15.9 Å². The van der Waals surface area contributed by atoms with Crippen molar-refractivity contribution in [2.24, 2.45) is 4.99 Å². The predicted molar refractivity (Wildman–Crippen MR) is 119 cm³/mol. The van der Waals surface area contributed by atoms with Crippen LogP contribution in [0, 0.1) is 6.92 Å². The molecule has 0 bridgehead atoms. The number of aryl methyl sites for hydroxylation is 1. The maximum Gasteiger partial charge on any atom is 0.261 e. The molecule has 4 rings (SSSR count). The number of hydrogen-bond donors (Lipinski definition) is 1. The van der Waals surface area contributed by atoms with Crippen molar-refractivity contribution in [2.45, 2.75) is 6.92 Å². The molecule has 1 aromatic heterocycles. The summed E-state index contributed by atoms with van der Waals surface area (Å²) in [4.78, 5) is 17.6. The van der Waals surface area contributed by atoms with Gasteiger partial charge in [-0.05, 0) is 61.0 Å². The van der Waals surface area contributed by atoms with E-state index in [2.05, 4.69) is 10.3 Å². The van der Waals surface area contributed by atoms with Crippen LogP contribution >= 0.6 is 11.6 Å². The van der Waals surface area contributed by atoms with Gasteiger partial charge in [0.15, 0.2) is 0 Å². The first-order chi connectivity index (χ1) is 14.5. The quantitative estimate of drug-likeness (QED) is 0.449. The molecule has 0 radical (unpaired) electrons. The van der Waals surface area contributed by atoms with Gasteiger partial charge in [0.25, 0.3) is 5.91 Å². The number of fused-ring (bicyclic) bond motifs is 1. The number of carbonyl (C=O) groups excluding carboxylic acids is 1. The number of rotatable bonds is 4. The Morgan fingerprint density at radius 3 is 2.53 bits per heavy atom. The molecule has 0 spiro atoms. The molecule has 6 heteroatoms. The Hall–Kier alpha value is -3.57. The Bertz CT molecular complexity index is 1290. The smallest absolute Gasteiger partial charge is 0.261 e. The first-order valence-corrected chi connectivity index (χ1v) is 9.70. The van der Waals surface area contributed by atoms with E-state index in [1.807, 2.05) is 43.3 Å². The van der Waals surface area contributed by atoms with Crippen LogP contribution in [0.2, 0.25) is 5.02 Å². The molecule has 0 saturated heterocycles. The normalized spacial score (nSPS) is 11.5. The highest BCUT2D eigenvalue weighted by atomic mass is 35.5. The molecule has 30 heavy (non-hydrogen) atoms. The maximum absolute atomic E-state index is 13.1. The van der Waals surface area contributed by atoms with Crippen molar-refractivity contribution in [3.63, 3.8) is 0 Å². The third-order valence-electron chi connectivity index (χ3n) is 4.63. The number of hydrogen-bond acceptors (Lipinski definition) is 4. The van der Waals surface area contributed by atoms with Crippen LogP contribution in [0.5, 0.6) is 5.75 Å². The molecule has 0 aliphatic carbocycles. The van der Waals surface area contributed by atoms with Gasteiger partial charge in [-0.1, -0.05) is 35.9 Å². The fourth-order valence-corrected chi connectivity index (χ4v) is 3.13. The molecule has 1 amide bonds. The maximum atomic E-state index is 13.1. The molecule has 5 nitrogen and oxygen atoms in total. The second kappa shape index (κ2) is 8.43. The zero-order valence-corrected chi connectivity index (χ0v) is 17.2. The Labute approximate surface area is 178 Å². The first kappa shape index (κ1) is 19.7. The molecular weight excluding hydrogens is 400 g/mol. The van der Waals surface area contributed by atoms with Crippen molar-refractivity contribution in [3.8, 4) is 5.75 Å². The van der Waals surface area contributed by atoms with Crippen LogP contribution in [0.3, 0.4) is 0 Å². The van der Waals surface area contributed by atoms with Crippen molar-refractivity contribution in [2.75, 3.05) is 12.4 Å². The van der Waals surface area contributed by atoms with Crippen molar-refractivity contribution >= 4 is 39.9 Å². The number of amides is 1. The second-order valence-corrected chi connectivity index (χ2v) is 7.14. The standard InChI is InChI=1S/C24H19ClN2O3/c1-15-7-8-18(14-21(15)25)27-24-20(13-16-5-3-4-6-22(16)30-24)23(28)26-17-9-11-19(29-2)12-10-17/h3-14H,1-2H3,(H,26,28). The summed E-state index contributed by atoms with van der Waals surface area (Å²) < 4.78 is 11.1. The number of nitrogens with zero attached hydrogens (tertiary/aromatic N) is 1. The summed E-state index contributed by atoms with van der Waals surface area (Å²) in [5.41, 5.74) is 3.35. The fourth-order valence-electron chi connectivity index (χ4n) is 2.96. The van der Waals surface area contributed by atoms with Crippen LogP contribution in [-0.4, -0.2) is 13.0 Å². The lowest BCUT2D eigenvalue weighted by atomic mass is 10.1. The lowest BCUT2D eigenvalue weighted by molar-refractivity contribution is 0.102. The highest BCUT2D eigenvalue weighted by Crippen LogP contribution is 2.22. The number of carbonyl (C=O) groups is 1. The highest BCUT2D eigenvalue weighted by molar-refractivity contribution is 6.31. The average molecular weight is 419 g/mol. The zero-order valence-electron chi connectivity index (χ0n) is 16.5. The van der Waals surface area contributed by atoms with Gasteiger partial charge in [0.2, 0.25) is 5.55 Å². The van der Waals surface area contributed by atoms with Crippen molar-refractivity contribution in [1.29, 1.82) is 0 Å². The van der Waals surface area contributed by atoms with E-state index < -0.39 is 0 Å². The summed E-state index contributed by atoms with van der Waals surface area (Å²) in [5, 5.41) is 4.28. The molecule has 0 atom stereocenters. The van der Waals surface area contributed by atoms with Gasteiger partial charge < -0.3 is 14.5 Å². The molecule has 1 N–H and O–H groups in total. The predicted octanol–water partition coefficient (Wildman–Crippen LogP) is 5.89. The Balaban J connectivity index is 1.80. The van der Waals surface area contributed by atoms with Crippen molar-refractivity contribution in [3.05, 3.63) is 94.5 Å². The molecule has 1 heterocycles. The van der Waals surface area contributed by atoms with E-state index in [1.54, 1.807) is 43.5 Å². The van der Waals surface area contributed by atoms with Crippen LogP contribution in [0.25, 0.3) is 11.0 Å². The van der Waals surface area contributed by atoms with Gasteiger partial charge in [-0.2, -0.15) is 0 Å². The lowest BCUT2D eigenvalue weighted by Gasteiger charge is -2.08. The summed E-state index contributed by atoms with van der Waals surface area (Å²) in [5.74, 6) is 0.382. The SMILES string of the molecule is COc1ccc(NC(=O)c2cc3ccccc3oc2=Nc2ccc(C)c(Cl)c2)cc1. The van der Waals surface area contributed by atoms with Crippen molar-refractivity contribution < 1.29 is 13.9 Å². The van der Waals surface area contributed by atoms with Gasteiger partial charge in [0.05, 0.1) is 12.8 Å². The lowest BCUT2D eigenvalue weighted by Crippen LogP contribution is -2.21. The number of nitrogens with one attached hydrogen (secondary N) is 1. The molecule has 0 aliphatic heterocycles. The highest BCUT2D eigenvalue weighted by Gasteiger charge is 2.13. The van der Waals surface area contributed by atoms with Crippen molar-refractivity contribution in [1.82, 2.24) is 0 Å². The van der Waals surface area contributed by atoms with E-state index in [1.165, 1.54) is 0 Å². The van der Waals surface area contributed by atoms with E-state index in [0.717, 1.165) is 10.9 Å². The van der Waals surface area contributed by atoms with E-state index in [-0.39, 0.29) is 11.5 Å². The molecule has 0 saturated carbocycles. The topological polar surface area (TPSA) is 63.8 Å². The summed E-state index contributed by atoms with van der Waals surface area (Å²) >= 11 is 6.23. The number of para-hydroxylation sites is 1. The second-order valence-electron chi connectivity index (χ2n) is 6.73. The van der Waals surface area contributed by atoms with Crippen LogP contribution < -0.4 is 15.6 Å². The minimum absolute atomic E-state index is 0.208. The van der Waals surface area contributed by atoms with E-state index >= 15 is 0 Å². The van der Waals surface area contributed by atoms with E-state index in [0.29, 0.717) is 33.3 Å².